The van der Waals surface area contributed by atoms with E-state index in [4.69, 9.17) is 4.74 Å². The summed E-state index contributed by atoms with van der Waals surface area (Å²) in [5.41, 5.74) is 2.40. The number of hydrogen-bond donors (Lipinski definition) is 2. The van der Waals surface area contributed by atoms with Crippen LogP contribution in [0.1, 0.15) is 11.1 Å². The van der Waals surface area contributed by atoms with Crippen molar-refractivity contribution in [1.82, 2.24) is 5.32 Å². The molecule has 5 heteroatoms. The van der Waals surface area contributed by atoms with Crippen LogP contribution < -0.4 is 15.4 Å². The Morgan fingerprint density at radius 1 is 1.14 bits per heavy atom. The van der Waals surface area contributed by atoms with Gasteiger partial charge in [-0.25, -0.2) is 9.18 Å². The summed E-state index contributed by atoms with van der Waals surface area (Å²) in [5.74, 6) is 0.304. The normalized spacial score (nSPS) is 10.1. The van der Waals surface area contributed by atoms with Crippen LogP contribution in [0.2, 0.25) is 0 Å². The predicted molar refractivity (Wildman–Crippen MR) is 84.8 cm³/mol. The molecule has 0 unspecified atom stereocenters. The van der Waals surface area contributed by atoms with Gasteiger partial charge in [-0.1, -0.05) is 18.2 Å². The molecule has 116 valence electrons. The van der Waals surface area contributed by atoms with Crippen molar-refractivity contribution in [3.05, 3.63) is 59.4 Å². The number of hydrogen-bond acceptors (Lipinski definition) is 2. The number of aryl methyl sites for hydroxylation is 2. The van der Waals surface area contributed by atoms with Gasteiger partial charge >= 0.3 is 6.03 Å². The number of para-hydroxylation sites is 1. The standard InChI is InChI=1S/C17H19FN2O2/c1-12-9-13(2)11-14(10-12)22-8-7-19-17(21)20-16-6-4-3-5-15(16)18/h3-6,9-11H,7-8H2,1-2H3,(H2,19,20,21). The highest BCUT2D eigenvalue weighted by Crippen LogP contribution is 2.16. The van der Waals surface area contributed by atoms with E-state index in [1.165, 1.54) is 12.1 Å². The Morgan fingerprint density at radius 2 is 1.82 bits per heavy atom. The maximum Gasteiger partial charge on any atom is 0.319 e. The third-order valence-electron chi connectivity index (χ3n) is 2.97. The number of anilines is 1. The summed E-state index contributed by atoms with van der Waals surface area (Å²) in [6.07, 6.45) is 0. The molecule has 0 radical (unpaired) electrons. The third kappa shape index (κ3) is 4.77. The lowest BCUT2D eigenvalue weighted by molar-refractivity contribution is 0.247. The molecule has 0 aliphatic heterocycles. The lowest BCUT2D eigenvalue weighted by atomic mass is 10.1. The van der Waals surface area contributed by atoms with Gasteiger partial charge in [0.15, 0.2) is 0 Å². The molecule has 0 heterocycles. The van der Waals surface area contributed by atoms with Gasteiger partial charge in [-0.15, -0.1) is 0 Å². The van der Waals surface area contributed by atoms with Gasteiger partial charge < -0.3 is 15.4 Å². The van der Waals surface area contributed by atoms with Crippen molar-refractivity contribution in [1.29, 1.82) is 0 Å². The van der Waals surface area contributed by atoms with E-state index in [1.807, 2.05) is 26.0 Å². The van der Waals surface area contributed by atoms with Gasteiger partial charge in [0.05, 0.1) is 12.2 Å². The van der Waals surface area contributed by atoms with Crippen molar-refractivity contribution < 1.29 is 13.9 Å². The molecule has 0 saturated carbocycles. The summed E-state index contributed by atoms with van der Waals surface area (Å²) in [6, 6.07) is 11.5. The van der Waals surface area contributed by atoms with E-state index < -0.39 is 11.8 Å². The molecular weight excluding hydrogens is 283 g/mol. The van der Waals surface area contributed by atoms with Crippen LogP contribution in [0.25, 0.3) is 0 Å². The smallest absolute Gasteiger partial charge is 0.319 e. The minimum Gasteiger partial charge on any atom is -0.492 e. The van der Waals surface area contributed by atoms with Gasteiger partial charge in [-0.3, -0.25) is 0 Å². The summed E-state index contributed by atoms with van der Waals surface area (Å²) >= 11 is 0. The summed E-state index contributed by atoms with van der Waals surface area (Å²) in [4.78, 5) is 11.6. The maximum absolute atomic E-state index is 13.4. The monoisotopic (exact) mass is 302 g/mol. The fourth-order valence-electron chi connectivity index (χ4n) is 2.08. The van der Waals surface area contributed by atoms with Crippen LogP contribution in [0.4, 0.5) is 14.9 Å². The van der Waals surface area contributed by atoms with Gasteiger partial charge in [0.2, 0.25) is 0 Å². The highest BCUT2D eigenvalue weighted by atomic mass is 19.1. The van der Waals surface area contributed by atoms with Crippen molar-refractivity contribution in [3.8, 4) is 5.75 Å². The SMILES string of the molecule is Cc1cc(C)cc(OCCNC(=O)Nc2ccccc2F)c1. The Hall–Kier alpha value is -2.56. The molecule has 0 bridgehead atoms. The lowest BCUT2D eigenvalue weighted by Gasteiger charge is -2.10. The Balaban J connectivity index is 1.74. The fourth-order valence-corrected chi connectivity index (χ4v) is 2.08. The van der Waals surface area contributed by atoms with Crippen LogP contribution in [-0.2, 0) is 0 Å². The molecule has 0 aromatic heterocycles. The second kappa shape index (κ2) is 7.45. The van der Waals surface area contributed by atoms with E-state index >= 15 is 0 Å². The van der Waals surface area contributed by atoms with E-state index in [9.17, 15) is 9.18 Å². The largest absolute Gasteiger partial charge is 0.492 e. The van der Waals surface area contributed by atoms with Gasteiger partial charge in [0, 0.05) is 0 Å². The van der Waals surface area contributed by atoms with Gasteiger partial charge in [0.1, 0.15) is 18.2 Å². The van der Waals surface area contributed by atoms with Crippen molar-refractivity contribution in [2.24, 2.45) is 0 Å². The van der Waals surface area contributed by atoms with Crippen molar-refractivity contribution in [3.63, 3.8) is 0 Å². The molecule has 22 heavy (non-hydrogen) atoms. The first-order chi connectivity index (χ1) is 10.5. The van der Waals surface area contributed by atoms with Crippen LogP contribution in [-0.4, -0.2) is 19.2 Å². The van der Waals surface area contributed by atoms with E-state index in [2.05, 4.69) is 16.7 Å². The van der Waals surface area contributed by atoms with E-state index in [0.717, 1.165) is 16.9 Å². The summed E-state index contributed by atoms with van der Waals surface area (Å²) in [5, 5.41) is 5.06. The number of ether oxygens (including phenoxy) is 1. The second-order valence-electron chi connectivity index (χ2n) is 5.03. The summed E-state index contributed by atoms with van der Waals surface area (Å²) < 4.78 is 18.9. The molecule has 2 amide bonds. The first-order valence-electron chi connectivity index (χ1n) is 7.05. The van der Waals surface area contributed by atoms with Crippen molar-refractivity contribution in [2.45, 2.75) is 13.8 Å². The summed E-state index contributed by atoms with van der Waals surface area (Å²) in [7, 11) is 0. The number of halogens is 1. The van der Waals surface area contributed by atoms with E-state index in [0.29, 0.717) is 13.2 Å². The minimum atomic E-state index is -0.468. The maximum atomic E-state index is 13.4. The topological polar surface area (TPSA) is 50.4 Å². The lowest BCUT2D eigenvalue weighted by Crippen LogP contribution is -2.32. The highest BCUT2D eigenvalue weighted by molar-refractivity contribution is 5.89. The zero-order valence-corrected chi connectivity index (χ0v) is 12.7. The Kier molecular flexibility index (Phi) is 5.36. The number of carbonyl (C=O) groups excluding carboxylic acids is 1. The molecule has 0 aliphatic rings. The average molecular weight is 302 g/mol. The zero-order chi connectivity index (χ0) is 15.9. The molecule has 2 rings (SSSR count). The quantitative estimate of drug-likeness (QED) is 0.828. The van der Waals surface area contributed by atoms with Gasteiger partial charge in [-0.05, 0) is 49.2 Å². The number of benzene rings is 2. The molecule has 0 fully saturated rings. The Morgan fingerprint density at radius 3 is 2.50 bits per heavy atom. The predicted octanol–water partition coefficient (Wildman–Crippen LogP) is 3.64. The van der Waals surface area contributed by atoms with Crippen LogP contribution in [0.3, 0.4) is 0 Å². The molecule has 0 saturated heterocycles. The molecule has 4 nitrogen and oxygen atoms in total. The van der Waals surface area contributed by atoms with Crippen molar-refractivity contribution >= 4 is 11.7 Å². The first-order valence-corrected chi connectivity index (χ1v) is 7.05. The molecule has 0 atom stereocenters. The molecule has 2 N–H and O–H groups in total. The fraction of sp³-hybridized carbons (Fsp3) is 0.235. The minimum absolute atomic E-state index is 0.148. The molecular formula is C17H19FN2O2. The number of nitrogens with one attached hydrogen (secondary N) is 2. The van der Waals surface area contributed by atoms with Crippen LogP contribution in [0.15, 0.2) is 42.5 Å². The highest BCUT2D eigenvalue weighted by Gasteiger charge is 2.05. The van der Waals surface area contributed by atoms with Gasteiger partial charge in [0.25, 0.3) is 0 Å². The van der Waals surface area contributed by atoms with E-state index in [1.54, 1.807) is 12.1 Å². The summed E-state index contributed by atoms with van der Waals surface area (Å²) in [6.45, 7) is 4.67. The number of urea groups is 1. The molecule has 0 spiro atoms. The van der Waals surface area contributed by atoms with Crippen LogP contribution in [0, 0.1) is 19.7 Å². The van der Waals surface area contributed by atoms with E-state index in [-0.39, 0.29) is 5.69 Å². The molecule has 0 aliphatic carbocycles. The Bertz CT molecular complexity index is 639. The molecule has 2 aromatic carbocycles. The third-order valence-corrected chi connectivity index (χ3v) is 2.97. The zero-order valence-electron chi connectivity index (χ0n) is 12.7. The van der Waals surface area contributed by atoms with Crippen LogP contribution >= 0.6 is 0 Å². The number of carbonyl (C=O) groups is 1. The number of amides is 2. The average Bonchev–Trinajstić information content (AvgIpc) is 2.45. The van der Waals surface area contributed by atoms with Crippen molar-refractivity contribution in [2.75, 3.05) is 18.5 Å². The van der Waals surface area contributed by atoms with Gasteiger partial charge in [-0.2, -0.15) is 0 Å². The number of rotatable bonds is 5. The van der Waals surface area contributed by atoms with Crippen LogP contribution in [0.5, 0.6) is 5.75 Å². The molecule has 2 aromatic rings. The Labute approximate surface area is 129 Å². The first kappa shape index (κ1) is 15.8. The second-order valence-corrected chi connectivity index (χ2v) is 5.03.